The Hall–Kier alpha value is -1.54. The van der Waals surface area contributed by atoms with Gasteiger partial charge in [-0.2, -0.15) is 0 Å². The first-order valence-corrected chi connectivity index (χ1v) is 17.8. The van der Waals surface area contributed by atoms with Gasteiger partial charge in [-0.25, -0.2) is 4.57 Å². The van der Waals surface area contributed by atoms with Crippen molar-refractivity contribution in [3.63, 3.8) is 0 Å². The van der Waals surface area contributed by atoms with E-state index in [0.717, 1.165) is 70.6 Å². The monoisotopic (exact) mass is 612 g/mol. The summed E-state index contributed by atoms with van der Waals surface area (Å²) in [5, 5.41) is 13.4. The summed E-state index contributed by atoms with van der Waals surface area (Å²) < 4.78 is 21.8. The molecule has 0 aromatic heterocycles. The molecule has 0 aliphatic heterocycles. The molecule has 5 N–H and O–H groups in total. The Morgan fingerprint density at radius 2 is 1.38 bits per heavy atom. The molecule has 0 rings (SSSR count). The smallest absolute Gasteiger partial charge is 0.387 e. The van der Waals surface area contributed by atoms with Crippen LogP contribution in [0.3, 0.4) is 0 Å². The van der Waals surface area contributed by atoms with Crippen LogP contribution in [0.15, 0.2) is 48.6 Å². The number of rotatable bonds is 29. The normalized spacial score (nSPS) is 15.3. The highest BCUT2D eigenvalue weighted by molar-refractivity contribution is 7.47. The van der Waals surface area contributed by atoms with Crippen LogP contribution < -0.4 is 11.1 Å². The van der Waals surface area contributed by atoms with Crippen molar-refractivity contribution in [2.24, 2.45) is 5.73 Å². The van der Waals surface area contributed by atoms with E-state index in [1.807, 2.05) is 6.08 Å². The molecule has 0 bridgehead atoms. The van der Waals surface area contributed by atoms with E-state index in [2.05, 4.69) is 55.6 Å². The van der Waals surface area contributed by atoms with Crippen molar-refractivity contribution in [1.82, 2.24) is 5.32 Å². The lowest BCUT2D eigenvalue weighted by Gasteiger charge is -2.23. The Morgan fingerprint density at radius 1 is 0.786 bits per heavy atom. The molecule has 0 aliphatic rings. The predicted molar refractivity (Wildman–Crippen MR) is 175 cm³/mol. The highest BCUT2D eigenvalue weighted by atomic mass is 31.2. The zero-order valence-electron chi connectivity index (χ0n) is 26.5. The van der Waals surface area contributed by atoms with Gasteiger partial charge < -0.3 is 21.1 Å². The Bertz CT molecular complexity index is 799. The van der Waals surface area contributed by atoms with E-state index in [4.69, 9.17) is 14.8 Å². The summed E-state index contributed by atoms with van der Waals surface area (Å²) in [6.45, 7) is 3.93. The number of phosphoric acid groups is 1. The van der Waals surface area contributed by atoms with Gasteiger partial charge in [-0.05, 0) is 57.8 Å². The molecule has 8 nitrogen and oxygen atoms in total. The largest absolute Gasteiger partial charge is 0.472 e. The summed E-state index contributed by atoms with van der Waals surface area (Å²) in [6, 6.07) is -0.881. The molecule has 0 saturated heterocycles. The average molecular weight is 613 g/mol. The number of aliphatic hydroxyl groups is 1. The number of hydrogen-bond donors (Lipinski definition) is 4. The second kappa shape index (κ2) is 29.5. The number of hydrogen-bond acceptors (Lipinski definition) is 6. The minimum atomic E-state index is -4.33. The number of phosphoric ester groups is 1. The number of unbranched alkanes of at least 4 members (excludes halogenated alkanes) is 11. The first-order valence-electron chi connectivity index (χ1n) is 16.3. The molecule has 0 aromatic carbocycles. The summed E-state index contributed by atoms with van der Waals surface area (Å²) >= 11 is 0. The fraction of sp³-hybridized carbons (Fsp3) is 0.727. The van der Waals surface area contributed by atoms with Crippen LogP contribution in [0.5, 0.6) is 0 Å². The van der Waals surface area contributed by atoms with Crippen LogP contribution in [-0.2, 0) is 18.4 Å². The summed E-state index contributed by atoms with van der Waals surface area (Å²) in [7, 11) is -4.33. The summed E-state index contributed by atoms with van der Waals surface area (Å²) in [5.41, 5.74) is 5.32. The molecular formula is C33H61N2O6P. The topological polar surface area (TPSA) is 131 Å². The lowest BCUT2D eigenvalue weighted by molar-refractivity contribution is -0.123. The van der Waals surface area contributed by atoms with E-state index < -0.39 is 20.0 Å². The Kier molecular flexibility index (Phi) is 28.4. The van der Waals surface area contributed by atoms with Crippen LogP contribution in [0, 0.1) is 0 Å². The number of aliphatic hydroxyl groups excluding tert-OH is 1. The standard InChI is InChI=1S/C33H61N2O6P/c1-3-5-7-9-11-12-13-14-15-16-17-18-19-21-23-25-27-33(37)35-31(30-41-42(38,39)40-29-28-34)32(36)26-24-22-20-10-8-6-4-2/h8,10,12-13,15-16,24,26,31-32,36H,3-7,9,11,14,17-23,25,27-30,34H2,1-2H3,(H,35,37)(H,38,39)/b10-8+,13-12-,16-15-,26-24+. The number of amides is 1. The van der Waals surface area contributed by atoms with Gasteiger partial charge in [-0.1, -0.05) is 107 Å². The first kappa shape index (κ1) is 40.5. The molecule has 3 atom stereocenters. The van der Waals surface area contributed by atoms with E-state index in [1.165, 1.54) is 32.1 Å². The highest BCUT2D eigenvalue weighted by Gasteiger charge is 2.26. The summed E-state index contributed by atoms with van der Waals surface area (Å²) in [5.74, 6) is -0.226. The minimum Gasteiger partial charge on any atom is -0.387 e. The molecule has 9 heteroatoms. The zero-order chi connectivity index (χ0) is 31.2. The second-order valence-electron chi connectivity index (χ2n) is 10.7. The molecule has 3 unspecified atom stereocenters. The number of carbonyl (C=O) groups excluding carboxylic acids is 1. The fourth-order valence-corrected chi connectivity index (χ4v) is 4.88. The third-order valence-electron chi connectivity index (χ3n) is 6.61. The molecular weight excluding hydrogens is 551 g/mol. The van der Waals surface area contributed by atoms with Gasteiger partial charge in [-0.3, -0.25) is 13.8 Å². The van der Waals surface area contributed by atoms with Crippen molar-refractivity contribution in [3.8, 4) is 0 Å². The van der Waals surface area contributed by atoms with E-state index in [1.54, 1.807) is 6.08 Å². The lowest BCUT2D eigenvalue weighted by atomic mass is 10.1. The maximum absolute atomic E-state index is 12.6. The molecule has 0 spiro atoms. The van der Waals surface area contributed by atoms with E-state index in [0.29, 0.717) is 6.42 Å². The van der Waals surface area contributed by atoms with Crippen molar-refractivity contribution >= 4 is 13.7 Å². The van der Waals surface area contributed by atoms with E-state index in [-0.39, 0.29) is 25.7 Å². The maximum atomic E-state index is 12.6. The van der Waals surface area contributed by atoms with Crippen LogP contribution in [-0.4, -0.2) is 47.8 Å². The zero-order valence-corrected chi connectivity index (χ0v) is 27.4. The van der Waals surface area contributed by atoms with E-state index >= 15 is 0 Å². The van der Waals surface area contributed by atoms with Gasteiger partial charge in [0.25, 0.3) is 0 Å². The first-order chi connectivity index (χ1) is 20.4. The minimum absolute atomic E-state index is 0.0692. The van der Waals surface area contributed by atoms with Gasteiger partial charge >= 0.3 is 7.82 Å². The van der Waals surface area contributed by atoms with Crippen LogP contribution in [0.25, 0.3) is 0 Å². The Morgan fingerprint density at radius 3 is 2.05 bits per heavy atom. The molecule has 0 fully saturated rings. The van der Waals surface area contributed by atoms with Crippen molar-refractivity contribution in [2.45, 2.75) is 135 Å². The van der Waals surface area contributed by atoms with E-state index in [9.17, 15) is 19.4 Å². The third kappa shape index (κ3) is 27.3. The highest BCUT2D eigenvalue weighted by Crippen LogP contribution is 2.43. The quantitative estimate of drug-likeness (QED) is 0.0385. The average Bonchev–Trinajstić information content (AvgIpc) is 2.97. The molecule has 0 aliphatic carbocycles. The van der Waals surface area contributed by atoms with Crippen molar-refractivity contribution in [2.75, 3.05) is 19.8 Å². The molecule has 0 radical (unpaired) electrons. The number of nitrogens with two attached hydrogens (primary N) is 1. The van der Waals surface area contributed by atoms with Gasteiger partial charge in [-0.15, -0.1) is 0 Å². The summed E-state index contributed by atoms with van der Waals surface area (Å²) in [4.78, 5) is 22.4. The van der Waals surface area contributed by atoms with Crippen molar-refractivity contribution in [1.29, 1.82) is 0 Å². The number of allylic oxidation sites excluding steroid dienone is 7. The Balaban J connectivity index is 4.35. The summed E-state index contributed by atoms with van der Waals surface area (Å²) in [6.07, 6.45) is 33.2. The van der Waals surface area contributed by atoms with Gasteiger partial charge in [0.15, 0.2) is 0 Å². The molecule has 1 amide bonds. The molecule has 244 valence electrons. The third-order valence-corrected chi connectivity index (χ3v) is 7.59. The van der Waals surface area contributed by atoms with Crippen LogP contribution >= 0.6 is 7.82 Å². The number of carbonyl (C=O) groups is 1. The fourth-order valence-electron chi connectivity index (χ4n) is 4.12. The van der Waals surface area contributed by atoms with Crippen LogP contribution in [0.4, 0.5) is 0 Å². The maximum Gasteiger partial charge on any atom is 0.472 e. The van der Waals surface area contributed by atoms with Gasteiger partial charge in [0.2, 0.25) is 5.91 Å². The molecule has 0 saturated carbocycles. The molecule has 0 heterocycles. The van der Waals surface area contributed by atoms with Crippen LogP contribution in [0.1, 0.15) is 123 Å². The SMILES string of the molecule is CCC/C=C/CC/C=C/C(O)C(COP(=O)(O)OCCN)NC(=O)CCCCCCC/C=C\C/C=C\CCCCCC. The molecule has 42 heavy (non-hydrogen) atoms. The lowest BCUT2D eigenvalue weighted by Crippen LogP contribution is -2.45. The number of nitrogens with one attached hydrogen (secondary N) is 1. The van der Waals surface area contributed by atoms with Gasteiger partial charge in [0.05, 0.1) is 25.4 Å². The second-order valence-corrected chi connectivity index (χ2v) is 12.1. The van der Waals surface area contributed by atoms with Crippen LogP contribution in [0.2, 0.25) is 0 Å². The molecule has 0 aromatic rings. The van der Waals surface area contributed by atoms with Crippen molar-refractivity contribution < 1.29 is 28.4 Å². The van der Waals surface area contributed by atoms with Gasteiger partial charge in [0.1, 0.15) is 0 Å². The van der Waals surface area contributed by atoms with Gasteiger partial charge in [0, 0.05) is 13.0 Å². The predicted octanol–water partition coefficient (Wildman–Crippen LogP) is 7.82. The van der Waals surface area contributed by atoms with Crippen molar-refractivity contribution in [3.05, 3.63) is 48.6 Å². The Labute approximate surface area is 256 Å².